The standard InChI is InChI=1S/C17H20F3N3O4S/c1-16(2,3)27-15(24)22-8-9-23(13(10-21)11-22)28(25,26)14-6-4-12(5-7-14)17(18,19)20/h4-7,13H,8-9,11H2,1-3H3. The number of carbonyl (C=O) groups excluding carboxylic acids is 1. The zero-order chi connectivity index (χ0) is 21.3. The van der Waals surface area contributed by atoms with Gasteiger partial charge in [-0.15, -0.1) is 0 Å². The Morgan fingerprint density at radius 2 is 1.75 bits per heavy atom. The molecular weight excluding hydrogens is 399 g/mol. The van der Waals surface area contributed by atoms with Gasteiger partial charge < -0.3 is 9.64 Å². The van der Waals surface area contributed by atoms with E-state index in [-0.39, 0.29) is 24.5 Å². The minimum atomic E-state index is -4.59. The molecule has 0 spiro atoms. The second-order valence-electron chi connectivity index (χ2n) is 7.21. The predicted octanol–water partition coefficient (Wildman–Crippen LogP) is 2.84. The quantitative estimate of drug-likeness (QED) is 0.735. The second-order valence-corrected chi connectivity index (χ2v) is 9.10. The molecule has 1 aliphatic heterocycles. The number of benzene rings is 1. The van der Waals surface area contributed by atoms with Gasteiger partial charge >= 0.3 is 12.3 Å². The zero-order valence-corrected chi connectivity index (χ0v) is 16.3. The lowest BCUT2D eigenvalue weighted by molar-refractivity contribution is -0.137. The summed E-state index contributed by atoms with van der Waals surface area (Å²) in [5.41, 5.74) is -1.72. The van der Waals surface area contributed by atoms with Gasteiger partial charge in [-0.25, -0.2) is 13.2 Å². The summed E-state index contributed by atoms with van der Waals surface area (Å²) in [6.07, 6.45) is -5.25. The maximum absolute atomic E-state index is 12.8. The Morgan fingerprint density at radius 3 is 2.21 bits per heavy atom. The SMILES string of the molecule is CC(C)(C)OC(=O)N1CCN(S(=O)(=O)c2ccc(C(F)(F)F)cc2)C(C#N)C1. The number of nitrogens with zero attached hydrogens (tertiary/aromatic N) is 3. The van der Waals surface area contributed by atoms with Crippen molar-refractivity contribution < 1.29 is 31.1 Å². The molecule has 1 aromatic carbocycles. The second kappa shape index (κ2) is 7.60. The fraction of sp³-hybridized carbons (Fsp3) is 0.529. The Labute approximate surface area is 161 Å². The van der Waals surface area contributed by atoms with Crippen LogP contribution in [-0.2, 0) is 20.9 Å². The van der Waals surface area contributed by atoms with E-state index in [1.165, 1.54) is 4.90 Å². The smallest absolute Gasteiger partial charge is 0.416 e. The average molecular weight is 419 g/mol. The number of hydrogen-bond donors (Lipinski definition) is 0. The van der Waals surface area contributed by atoms with Crippen LogP contribution in [0, 0.1) is 11.3 Å². The molecule has 2 rings (SSSR count). The summed E-state index contributed by atoms with van der Waals surface area (Å²) in [6, 6.07) is 3.70. The first-order valence-corrected chi connectivity index (χ1v) is 9.76. The van der Waals surface area contributed by atoms with Gasteiger partial charge in [0.15, 0.2) is 0 Å². The molecule has 0 aromatic heterocycles. The van der Waals surface area contributed by atoms with Crippen molar-refractivity contribution in [1.82, 2.24) is 9.21 Å². The summed E-state index contributed by atoms with van der Waals surface area (Å²) in [6.45, 7) is 4.65. The van der Waals surface area contributed by atoms with Gasteiger partial charge in [0, 0.05) is 13.1 Å². The molecule has 1 unspecified atom stereocenters. The van der Waals surface area contributed by atoms with E-state index < -0.39 is 39.5 Å². The number of amides is 1. The number of ether oxygens (including phenoxy) is 1. The highest BCUT2D eigenvalue weighted by atomic mass is 32.2. The number of nitriles is 1. The first-order chi connectivity index (χ1) is 12.8. The van der Waals surface area contributed by atoms with Gasteiger partial charge in [0.05, 0.1) is 23.1 Å². The molecule has 0 N–H and O–H groups in total. The van der Waals surface area contributed by atoms with Gasteiger partial charge in [-0.1, -0.05) is 0 Å². The van der Waals surface area contributed by atoms with Gasteiger partial charge in [0.2, 0.25) is 10.0 Å². The molecular formula is C17H20F3N3O4S. The number of hydrogen-bond acceptors (Lipinski definition) is 5. The summed E-state index contributed by atoms with van der Waals surface area (Å²) < 4.78 is 69.7. The van der Waals surface area contributed by atoms with Gasteiger partial charge in [0.1, 0.15) is 11.6 Å². The van der Waals surface area contributed by atoms with E-state index in [1.807, 2.05) is 6.07 Å². The van der Waals surface area contributed by atoms with Crippen molar-refractivity contribution in [3.63, 3.8) is 0 Å². The Balaban J connectivity index is 2.21. The van der Waals surface area contributed by atoms with Gasteiger partial charge in [0.25, 0.3) is 0 Å². The van der Waals surface area contributed by atoms with E-state index in [9.17, 15) is 31.6 Å². The van der Waals surface area contributed by atoms with Crippen LogP contribution in [0.5, 0.6) is 0 Å². The molecule has 28 heavy (non-hydrogen) atoms. The summed E-state index contributed by atoms with van der Waals surface area (Å²) in [5.74, 6) is 0. The Hall–Kier alpha value is -2.32. The molecule has 1 aliphatic rings. The Kier molecular flexibility index (Phi) is 5.96. The maximum Gasteiger partial charge on any atom is 0.416 e. The van der Waals surface area contributed by atoms with E-state index in [4.69, 9.17) is 4.74 Å². The molecule has 0 aliphatic carbocycles. The van der Waals surface area contributed by atoms with Gasteiger partial charge in [-0.05, 0) is 45.0 Å². The van der Waals surface area contributed by atoms with E-state index in [0.717, 1.165) is 16.4 Å². The molecule has 0 radical (unpaired) electrons. The lowest BCUT2D eigenvalue weighted by Gasteiger charge is -2.37. The van der Waals surface area contributed by atoms with E-state index in [0.29, 0.717) is 12.1 Å². The molecule has 0 bridgehead atoms. The van der Waals surface area contributed by atoms with E-state index >= 15 is 0 Å². The van der Waals surface area contributed by atoms with Gasteiger partial charge in [-0.3, -0.25) is 0 Å². The van der Waals surface area contributed by atoms with Crippen LogP contribution in [0.3, 0.4) is 0 Å². The van der Waals surface area contributed by atoms with Crippen molar-refractivity contribution in [2.24, 2.45) is 0 Å². The number of rotatable bonds is 2. The molecule has 11 heteroatoms. The third-order valence-electron chi connectivity index (χ3n) is 3.92. The summed E-state index contributed by atoms with van der Waals surface area (Å²) in [4.78, 5) is 13.0. The van der Waals surface area contributed by atoms with Crippen LogP contribution in [0.1, 0.15) is 26.3 Å². The van der Waals surface area contributed by atoms with Gasteiger partial charge in [-0.2, -0.15) is 22.7 Å². The van der Waals surface area contributed by atoms with E-state index in [1.54, 1.807) is 20.8 Å². The zero-order valence-electron chi connectivity index (χ0n) is 15.5. The molecule has 1 fully saturated rings. The average Bonchev–Trinajstić information content (AvgIpc) is 2.59. The topological polar surface area (TPSA) is 90.7 Å². The van der Waals surface area contributed by atoms with Crippen LogP contribution < -0.4 is 0 Å². The maximum atomic E-state index is 12.8. The minimum Gasteiger partial charge on any atom is -0.444 e. The van der Waals surface area contributed by atoms with E-state index in [2.05, 4.69) is 0 Å². The number of halogens is 3. The van der Waals surface area contributed by atoms with Crippen molar-refractivity contribution in [2.75, 3.05) is 19.6 Å². The third kappa shape index (κ3) is 4.94. The molecule has 1 amide bonds. The first kappa shape index (κ1) is 22.0. The number of carbonyl (C=O) groups is 1. The normalized spacial score (nSPS) is 19.2. The number of alkyl halides is 3. The summed E-state index contributed by atoms with van der Waals surface area (Å²) in [7, 11) is -4.21. The van der Waals surface area contributed by atoms with Crippen LogP contribution in [0.2, 0.25) is 0 Å². The third-order valence-corrected chi connectivity index (χ3v) is 5.84. The summed E-state index contributed by atoms with van der Waals surface area (Å²) in [5, 5.41) is 9.37. The van der Waals surface area contributed by atoms with Crippen LogP contribution in [0.4, 0.5) is 18.0 Å². The van der Waals surface area contributed by atoms with Crippen molar-refractivity contribution >= 4 is 16.1 Å². The Morgan fingerprint density at radius 1 is 1.18 bits per heavy atom. The molecule has 1 atom stereocenters. The van der Waals surface area contributed by atoms with Crippen LogP contribution >= 0.6 is 0 Å². The van der Waals surface area contributed by atoms with Crippen molar-refractivity contribution in [2.45, 2.75) is 43.5 Å². The monoisotopic (exact) mass is 419 g/mol. The molecule has 0 saturated carbocycles. The minimum absolute atomic E-state index is 0.00699. The van der Waals surface area contributed by atoms with Crippen LogP contribution in [0.25, 0.3) is 0 Å². The van der Waals surface area contributed by atoms with Crippen LogP contribution in [0.15, 0.2) is 29.2 Å². The highest BCUT2D eigenvalue weighted by Crippen LogP contribution is 2.30. The van der Waals surface area contributed by atoms with Crippen molar-refractivity contribution in [3.8, 4) is 6.07 Å². The summed E-state index contributed by atoms with van der Waals surface area (Å²) >= 11 is 0. The van der Waals surface area contributed by atoms with Crippen molar-refractivity contribution in [1.29, 1.82) is 5.26 Å². The van der Waals surface area contributed by atoms with Crippen LogP contribution in [-0.4, -0.2) is 55.0 Å². The number of sulfonamides is 1. The fourth-order valence-corrected chi connectivity index (χ4v) is 4.12. The first-order valence-electron chi connectivity index (χ1n) is 8.32. The lowest BCUT2D eigenvalue weighted by Crippen LogP contribution is -2.56. The molecule has 1 heterocycles. The molecule has 154 valence electrons. The lowest BCUT2D eigenvalue weighted by atomic mass is 10.2. The highest BCUT2D eigenvalue weighted by Gasteiger charge is 2.39. The largest absolute Gasteiger partial charge is 0.444 e. The number of piperazine rings is 1. The Bertz CT molecular complexity index is 871. The highest BCUT2D eigenvalue weighted by molar-refractivity contribution is 7.89. The molecule has 1 aromatic rings. The molecule has 7 nitrogen and oxygen atoms in total. The predicted molar refractivity (Wildman–Crippen MR) is 92.5 cm³/mol. The van der Waals surface area contributed by atoms with Crippen molar-refractivity contribution in [3.05, 3.63) is 29.8 Å². The fourth-order valence-electron chi connectivity index (χ4n) is 2.60. The molecule has 1 saturated heterocycles.